The van der Waals surface area contributed by atoms with Crippen molar-refractivity contribution in [2.24, 2.45) is 0 Å². The number of carbonyl (C=O) groups excluding carboxylic acids is 1. The molecule has 0 aromatic heterocycles. The van der Waals surface area contributed by atoms with E-state index in [9.17, 15) is 4.79 Å². The van der Waals surface area contributed by atoms with Gasteiger partial charge in [0, 0.05) is 6.54 Å². The van der Waals surface area contributed by atoms with Crippen LogP contribution in [0.1, 0.15) is 0 Å². The smallest absolute Gasteiger partial charge is 0.243 e. The number of hydrogen-bond acceptors (Lipinski definition) is 2. The van der Waals surface area contributed by atoms with Crippen molar-refractivity contribution in [2.75, 3.05) is 6.54 Å². The molecule has 0 aliphatic heterocycles. The number of hydrogen-bond donors (Lipinski definition) is 2. The minimum atomic E-state index is -0.742. The summed E-state index contributed by atoms with van der Waals surface area (Å²) in [4.78, 5) is 10.3. The molecule has 1 amide bonds. The van der Waals surface area contributed by atoms with E-state index in [-0.39, 0.29) is 12.5 Å². The molecule has 0 spiro atoms. The van der Waals surface area contributed by atoms with Crippen molar-refractivity contribution >= 4 is 5.91 Å². The van der Waals surface area contributed by atoms with Crippen LogP contribution < -0.4 is 5.32 Å². The van der Waals surface area contributed by atoms with Crippen LogP contribution in [-0.2, 0) is 4.79 Å². The highest BCUT2D eigenvalue weighted by Crippen LogP contribution is 1.73. The summed E-state index contributed by atoms with van der Waals surface area (Å²) >= 11 is 0. The van der Waals surface area contributed by atoms with Crippen LogP contribution in [0.2, 0.25) is 0 Å². The number of amides is 1. The molecule has 2 N–H and O–H groups in total. The van der Waals surface area contributed by atoms with Crippen molar-refractivity contribution in [1.29, 1.82) is 0 Å². The second-order valence-corrected chi connectivity index (χ2v) is 1.60. The zero-order valence-corrected chi connectivity index (χ0v) is 5.13. The molecule has 0 heterocycles. The van der Waals surface area contributed by atoms with E-state index < -0.39 is 6.10 Å². The van der Waals surface area contributed by atoms with Crippen LogP contribution in [-0.4, -0.2) is 23.7 Å². The highest BCUT2D eigenvalue weighted by molar-refractivity contribution is 5.86. The van der Waals surface area contributed by atoms with Crippen molar-refractivity contribution in [3.05, 3.63) is 19.6 Å². The molecule has 1 radical (unpaired) electrons. The third kappa shape index (κ3) is 5.03. The second kappa shape index (κ2) is 4.09. The van der Waals surface area contributed by atoms with Crippen molar-refractivity contribution in [3.8, 4) is 0 Å². The molecule has 3 heteroatoms. The van der Waals surface area contributed by atoms with Gasteiger partial charge in [0.25, 0.3) is 0 Å². The molecular weight excluding hydrogens is 118 g/mol. The van der Waals surface area contributed by atoms with E-state index in [1.54, 1.807) is 0 Å². The Labute approximate surface area is 54.4 Å². The fourth-order valence-corrected chi connectivity index (χ4v) is 0.291. The van der Waals surface area contributed by atoms with Gasteiger partial charge in [0.05, 0.1) is 6.10 Å². The van der Waals surface area contributed by atoms with Crippen molar-refractivity contribution in [2.45, 2.75) is 6.10 Å². The Bertz CT molecular complexity index is 110. The number of aliphatic hydroxyl groups excluding tert-OH is 1. The molecule has 0 aliphatic carbocycles. The van der Waals surface area contributed by atoms with Gasteiger partial charge in [0.15, 0.2) is 0 Å². The van der Waals surface area contributed by atoms with Crippen LogP contribution in [0.3, 0.4) is 0 Å². The third-order valence-electron chi connectivity index (χ3n) is 0.697. The Hall–Kier alpha value is -0.830. The average molecular weight is 128 g/mol. The number of carbonyl (C=O) groups is 1. The molecule has 3 nitrogen and oxygen atoms in total. The van der Waals surface area contributed by atoms with E-state index >= 15 is 0 Å². The Morgan fingerprint density at radius 1 is 1.89 bits per heavy atom. The predicted octanol–water partition coefficient (Wildman–Crippen LogP) is -0.516. The monoisotopic (exact) mass is 128 g/mol. The number of aliphatic hydroxyl groups is 1. The van der Waals surface area contributed by atoms with E-state index in [1.807, 2.05) is 0 Å². The van der Waals surface area contributed by atoms with Crippen LogP contribution >= 0.6 is 0 Å². The third-order valence-corrected chi connectivity index (χ3v) is 0.697. The fraction of sp³-hybridized carbons (Fsp3) is 0.333. The molecule has 0 aliphatic rings. The van der Waals surface area contributed by atoms with Gasteiger partial charge in [-0.05, 0) is 13.0 Å². The molecule has 0 aromatic carbocycles. The van der Waals surface area contributed by atoms with Gasteiger partial charge >= 0.3 is 0 Å². The van der Waals surface area contributed by atoms with Gasteiger partial charge in [-0.2, -0.15) is 0 Å². The lowest BCUT2D eigenvalue weighted by molar-refractivity contribution is -0.116. The Morgan fingerprint density at radius 2 is 2.44 bits per heavy atom. The summed E-state index contributed by atoms with van der Waals surface area (Å²) in [7, 11) is 0. The quantitative estimate of drug-likeness (QED) is 0.503. The van der Waals surface area contributed by atoms with Gasteiger partial charge in [-0.25, -0.2) is 0 Å². The first-order valence-corrected chi connectivity index (χ1v) is 2.58. The van der Waals surface area contributed by atoms with Crippen LogP contribution in [0.5, 0.6) is 0 Å². The van der Waals surface area contributed by atoms with Gasteiger partial charge < -0.3 is 10.4 Å². The maximum Gasteiger partial charge on any atom is 0.243 e. The van der Waals surface area contributed by atoms with Crippen molar-refractivity contribution < 1.29 is 9.90 Å². The summed E-state index contributed by atoms with van der Waals surface area (Å²) in [5, 5.41) is 10.9. The zero-order valence-electron chi connectivity index (χ0n) is 5.13. The Kier molecular flexibility index (Phi) is 3.71. The molecule has 0 bridgehead atoms. The standard InChI is InChI=1S/C6H10NO2/c1-3-6(9)7-4-5(2)8/h3,5,8H,1-2,4H2,(H,7,9). The van der Waals surface area contributed by atoms with E-state index in [0.29, 0.717) is 0 Å². The first kappa shape index (κ1) is 8.17. The summed E-state index contributed by atoms with van der Waals surface area (Å²) in [5.41, 5.74) is 0. The maximum atomic E-state index is 10.3. The lowest BCUT2D eigenvalue weighted by Crippen LogP contribution is -2.28. The Morgan fingerprint density at radius 3 is 2.78 bits per heavy atom. The van der Waals surface area contributed by atoms with Crippen molar-refractivity contribution in [3.63, 3.8) is 0 Å². The van der Waals surface area contributed by atoms with Crippen LogP contribution in [0, 0.1) is 6.92 Å². The zero-order chi connectivity index (χ0) is 7.28. The first-order chi connectivity index (χ1) is 4.16. The minimum absolute atomic E-state index is 0.171. The van der Waals surface area contributed by atoms with Gasteiger partial charge in [-0.15, -0.1) is 0 Å². The molecule has 0 aromatic rings. The maximum absolute atomic E-state index is 10.3. The number of rotatable bonds is 3. The van der Waals surface area contributed by atoms with Crippen LogP contribution in [0.15, 0.2) is 12.7 Å². The fourth-order valence-electron chi connectivity index (χ4n) is 0.291. The predicted molar refractivity (Wildman–Crippen MR) is 34.6 cm³/mol. The van der Waals surface area contributed by atoms with Gasteiger partial charge in [-0.1, -0.05) is 6.58 Å². The Balaban J connectivity index is 3.27. The summed E-state index contributed by atoms with van der Waals surface area (Å²) in [5.74, 6) is -0.294. The average Bonchev–Trinajstić information content (AvgIpc) is 1.83. The molecule has 9 heavy (non-hydrogen) atoms. The second-order valence-electron chi connectivity index (χ2n) is 1.60. The highest BCUT2D eigenvalue weighted by atomic mass is 16.3. The summed E-state index contributed by atoms with van der Waals surface area (Å²) in [6, 6.07) is 0. The van der Waals surface area contributed by atoms with Crippen molar-refractivity contribution in [1.82, 2.24) is 5.32 Å². The van der Waals surface area contributed by atoms with E-state index in [0.717, 1.165) is 6.08 Å². The molecule has 51 valence electrons. The molecule has 0 saturated heterocycles. The first-order valence-electron chi connectivity index (χ1n) is 2.58. The summed E-state index contributed by atoms with van der Waals surface area (Å²) < 4.78 is 0. The van der Waals surface area contributed by atoms with E-state index in [4.69, 9.17) is 5.11 Å². The van der Waals surface area contributed by atoms with Crippen LogP contribution in [0.25, 0.3) is 0 Å². The largest absolute Gasteiger partial charge is 0.391 e. The normalized spacial score (nSPS) is 12.2. The van der Waals surface area contributed by atoms with Gasteiger partial charge in [-0.3, -0.25) is 4.79 Å². The number of nitrogens with one attached hydrogen (secondary N) is 1. The lowest BCUT2D eigenvalue weighted by Gasteiger charge is -2.02. The van der Waals surface area contributed by atoms with Gasteiger partial charge in [0.2, 0.25) is 5.91 Å². The molecule has 0 fully saturated rings. The molecule has 0 rings (SSSR count). The topological polar surface area (TPSA) is 49.3 Å². The van der Waals surface area contributed by atoms with E-state index in [1.165, 1.54) is 0 Å². The van der Waals surface area contributed by atoms with Gasteiger partial charge in [0.1, 0.15) is 0 Å². The van der Waals surface area contributed by atoms with E-state index in [2.05, 4.69) is 18.8 Å². The lowest BCUT2D eigenvalue weighted by atomic mass is 10.4. The molecule has 0 saturated carbocycles. The summed E-state index contributed by atoms with van der Waals surface area (Å²) in [6.07, 6.45) is 0.399. The SMILES string of the molecule is [CH2]C(O)CNC(=O)C=C. The molecule has 1 atom stereocenters. The highest BCUT2D eigenvalue weighted by Gasteiger charge is 1.95. The minimum Gasteiger partial charge on any atom is -0.391 e. The molecular formula is C6H10NO2. The summed E-state index contributed by atoms with van der Waals surface area (Å²) in [6.45, 7) is 6.65. The van der Waals surface area contributed by atoms with Crippen LogP contribution in [0.4, 0.5) is 0 Å². The molecule has 1 unspecified atom stereocenters.